The van der Waals surface area contributed by atoms with E-state index in [1.165, 1.54) is 0 Å². The van der Waals surface area contributed by atoms with E-state index in [-0.39, 0.29) is 56.3 Å². The molecular formula is C20H24F7N7. The number of hydrogen-bond donors (Lipinski definition) is 3. The molecule has 0 radical (unpaired) electrons. The fraction of sp³-hybridized carbons (Fsp3) is 0.700. The molecule has 1 atom stereocenters. The van der Waals surface area contributed by atoms with Crippen molar-refractivity contribution in [2.75, 3.05) is 0 Å². The van der Waals surface area contributed by atoms with Crippen LogP contribution in [0.2, 0.25) is 0 Å². The van der Waals surface area contributed by atoms with Crippen LogP contribution in [-0.4, -0.2) is 39.8 Å². The number of aliphatic imine (C=N–C) groups is 2. The van der Waals surface area contributed by atoms with Gasteiger partial charge in [0.2, 0.25) is 23.8 Å². The van der Waals surface area contributed by atoms with Gasteiger partial charge in [-0.05, 0) is 31.7 Å². The minimum atomic E-state index is -4.77. The lowest BCUT2D eigenvalue weighted by Gasteiger charge is -2.43. The van der Waals surface area contributed by atoms with Crippen LogP contribution < -0.4 is 16.4 Å². The third-order valence-electron chi connectivity index (χ3n) is 6.48. The Bertz CT molecular complexity index is 958. The number of halogens is 7. The number of guanidine groups is 2. The average molecular weight is 495 g/mol. The maximum Gasteiger partial charge on any atom is 0.433 e. The molecule has 0 aromatic carbocycles. The molecule has 0 bridgehead atoms. The van der Waals surface area contributed by atoms with E-state index in [4.69, 9.17) is 5.73 Å². The first kappa shape index (κ1) is 24.5. The Labute approximate surface area is 190 Å². The lowest BCUT2D eigenvalue weighted by molar-refractivity contribution is -0.141. The van der Waals surface area contributed by atoms with Crippen molar-refractivity contribution in [3.8, 4) is 0 Å². The summed E-state index contributed by atoms with van der Waals surface area (Å²) < 4.78 is 94.8. The molecule has 4 rings (SSSR count). The largest absolute Gasteiger partial charge is 0.433 e. The van der Waals surface area contributed by atoms with E-state index in [2.05, 4.69) is 30.6 Å². The highest BCUT2D eigenvalue weighted by Gasteiger charge is 2.51. The molecule has 1 unspecified atom stereocenters. The molecule has 0 spiro atoms. The SMILES string of the molecule is NC1=NC(c2nccc(C(F)(F)F)n2)(C2CCC(F)(F)CC2)NC(NC2CCC(F)(F)CC2)=N1. The Hall–Kier alpha value is -2.67. The highest BCUT2D eigenvalue weighted by atomic mass is 19.4. The van der Waals surface area contributed by atoms with Crippen molar-refractivity contribution in [2.24, 2.45) is 21.6 Å². The highest BCUT2D eigenvalue weighted by Crippen LogP contribution is 2.45. The van der Waals surface area contributed by atoms with Gasteiger partial charge in [0.1, 0.15) is 5.69 Å². The number of rotatable bonds is 3. The second-order valence-corrected chi connectivity index (χ2v) is 8.99. The van der Waals surface area contributed by atoms with Crippen LogP contribution in [0, 0.1) is 5.92 Å². The van der Waals surface area contributed by atoms with Gasteiger partial charge in [0.25, 0.3) is 0 Å². The first-order chi connectivity index (χ1) is 15.8. The van der Waals surface area contributed by atoms with Gasteiger partial charge >= 0.3 is 6.18 Å². The maximum absolute atomic E-state index is 13.9. The molecule has 0 saturated heterocycles. The van der Waals surface area contributed by atoms with E-state index in [1.54, 1.807) is 0 Å². The van der Waals surface area contributed by atoms with Gasteiger partial charge in [-0.15, -0.1) is 0 Å². The Morgan fingerprint density at radius 3 is 2.15 bits per heavy atom. The summed E-state index contributed by atoms with van der Waals surface area (Å²) in [7, 11) is 0. The van der Waals surface area contributed by atoms with Gasteiger partial charge < -0.3 is 16.4 Å². The summed E-state index contributed by atoms with van der Waals surface area (Å²) in [5.41, 5.74) is 2.90. The van der Waals surface area contributed by atoms with Crippen molar-refractivity contribution in [3.63, 3.8) is 0 Å². The Balaban J connectivity index is 1.67. The van der Waals surface area contributed by atoms with Gasteiger partial charge in [0.05, 0.1) is 0 Å². The van der Waals surface area contributed by atoms with Gasteiger partial charge in [0.15, 0.2) is 11.5 Å². The first-order valence-corrected chi connectivity index (χ1v) is 10.9. The summed E-state index contributed by atoms with van der Waals surface area (Å²) in [4.78, 5) is 15.9. The molecule has 1 aromatic rings. The van der Waals surface area contributed by atoms with Gasteiger partial charge in [-0.25, -0.2) is 32.5 Å². The lowest BCUT2D eigenvalue weighted by Crippen LogP contribution is -2.60. The zero-order valence-electron chi connectivity index (χ0n) is 18.0. The first-order valence-electron chi connectivity index (χ1n) is 10.9. The molecule has 2 aliphatic carbocycles. The van der Waals surface area contributed by atoms with Gasteiger partial charge in [-0.1, -0.05) is 0 Å². The third kappa shape index (κ3) is 5.19. The Kier molecular flexibility index (Phi) is 6.13. The van der Waals surface area contributed by atoms with Gasteiger partial charge in [0, 0.05) is 43.8 Å². The van der Waals surface area contributed by atoms with E-state index in [9.17, 15) is 30.7 Å². The van der Waals surface area contributed by atoms with E-state index in [0.29, 0.717) is 6.07 Å². The van der Waals surface area contributed by atoms with Crippen LogP contribution in [0.25, 0.3) is 0 Å². The molecule has 34 heavy (non-hydrogen) atoms. The minimum absolute atomic E-state index is 0.000983. The Morgan fingerprint density at radius 1 is 0.971 bits per heavy atom. The molecule has 3 aliphatic rings. The second-order valence-electron chi connectivity index (χ2n) is 8.99. The van der Waals surface area contributed by atoms with Gasteiger partial charge in [-0.2, -0.15) is 18.2 Å². The van der Waals surface area contributed by atoms with Crippen LogP contribution in [0.15, 0.2) is 22.2 Å². The molecule has 2 fully saturated rings. The number of hydrogen-bond acceptors (Lipinski definition) is 7. The summed E-state index contributed by atoms with van der Waals surface area (Å²) >= 11 is 0. The standard InChI is InChI=1S/C20H24F7N7/c21-17(22)6-1-11(2-7-17)19(14-29-10-5-13(31-14)20(25,26)27)33-15(28)32-16(34-19)30-12-3-8-18(23,24)9-4-12/h5,10-12H,1-4,6-9H2,(H4,28,30,32,33,34). The Morgan fingerprint density at radius 2 is 1.56 bits per heavy atom. The van der Waals surface area contributed by atoms with Crippen molar-refractivity contribution in [3.05, 3.63) is 23.8 Å². The third-order valence-corrected chi connectivity index (χ3v) is 6.48. The topological polar surface area (TPSA) is 101 Å². The van der Waals surface area contributed by atoms with Crippen LogP contribution in [0.1, 0.15) is 62.9 Å². The quantitative estimate of drug-likeness (QED) is 0.552. The summed E-state index contributed by atoms with van der Waals surface area (Å²) in [6.07, 6.45) is -5.41. The minimum Gasteiger partial charge on any atom is -0.368 e. The monoisotopic (exact) mass is 495 g/mol. The molecule has 1 aromatic heterocycles. The smallest absolute Gasteiger partial charge is 0.368 e. The van der Waals surface area contributed by atoms with E-state index in [1.807, 2.05) is 0 Å². The fourth-order valence-corrected chi connectivity index (χ4v) is 4.64. The van der Waals surface area contributed by atoms with Gasteiger partial charge in [-0.3, -0.25) is 0 Å². The van der Waals surface area contributed by atoms with Crippen LogP contribution in [0.4, 0.5) is 30.7 Å². The molecule has 14 heteroatoms. The predicted octanol–water partition coefficient (Wildman–Crippen LogP) is 3.92. The van der Waals surface area contributed by atoms with Crippen molar-refractivity contribution in [1.82, 2.24) is 20.6 Å². The van der Waals surface area contributed by atoms with Crippen molar-refractivity contribution in [2.45, 2.75) is 81.1 Å². The van der Waals surface area contributed by atoms with Crippen LogP contribution >= 0.6 is 0 Å². The summed E-state index contributed by atoms with van der Waals surface area (Å²) in [5.74, 6) is -7.09. The van der Waals surface area contributed by atoms with Crippen molar-refractivity contribution < 1.29 is 30.7 Å². The molecule has 2 heterocycles. The molecule has 4 N–H and O–H groups in total. The van der Waals surface area contributed by atoms with E-state index < -0.39 is 54.2 Å². The van der Waals surface area contributed by atoms with Crippen molar-refractivity contribution in [1.29, 1.82) is 0 Å². The molecular weight excluding hydrogens is 471 g/mol. The van der Waals surface area contributed by atoms with E-state index >= 15 is 0 Å². The number of alkyl halides is 7. The van der Waals surface area contributed by atoms with Crippen LogP contribution in [0.5, 0.6) is 0 Å². The van der Waals surface area contributed by atoms with Crippen molar-refractivity contribution >= 4 is 11.9 Å². The number of nitrogens with zero attached hydrogens (tertiary/aromatic N) is 4. The maximum atomic E-state index is 13.9. The highest BCUT2D eigenvalue weighted by molar-refractivity contribution is 5.96. The predicted molar refractivity (Wildman–Crippen MR) is 108 cm³/mol. The molecule has 7 nitrogen and oxygen atoms in total. The summed E-state index contributed by atoms with van der Waals surface area (Å²) in [5, 5.41) is 5.87. The second kappa shape index (κ2) is 8.52. The molecule has 2 saturated carbocycles. The normalized spacial score (nSPS) is 28.0. The number of nitrogens with one attached hydrogen (secondary N) is 2. The zero-order chi connectivity index (χ0) is 24.8. The van der Waals surface area contributed by atoms with Crippen LogP contribution in [0.3, 0.4) is 0 Å². The lowest BCUT2D eigenvalue weighted by atomic mass is 9.77. The number of nitrogens with two attached hydrogens (primary N) is 1. The molecule has 0 amide bonds. The zero-order valence-corrected chi connectivity index (χ0v) is 18.0. The fourth-order valence-electron chi connectivity index (χ4n) is 4.64. The average Bonchev–Trinajstić information content (AvgIpc) is 2.74. The molecule has 188 valence electrons. The summed E-state index contributed by atoms with van der Waals surface area (Å²) in [6, 6.07) is 0.296. The number of aromatic nitrogens is 2. The van der Waals surface area contributed by atoms with E-state index in [0.717, 1.165) is 6.20 Å². The van der Waals surface area contributed by atoms with Crippen LogP contribution in [-0.2, 0) is 11.8 Å². The molecule has 1 aliphatic heterocycles. The summed E-state index contributed by atoms with van der Waals surface area (Å²) in [6.45, 7) is 0.